The number of amides is 1. The molecule has 1 unspecified atom stereocenters. The smallest absolute Gasteiger partial charge is 0.246 e. The molecule has 0 aliphatic rings. The average Bonchev–Trinajstić information content (AvgIpc) is 2.03. The van der Waals surface area contributed by atoms with Gasteiger partial charge in [0.2, 0.25) is 5.91 Å². The molecule has 0 saturated carbocycles. The Bertz CT molecular complexity index is 120. The topological polar surface area (TPSA) is 81.1 Å². The summed E-state index contributed by atoms with van der Waals surface area (Å²) in [5, 5.41) is -0.0773. The molecule has 0 rings (SSSR count). The highest BCUT2D eigenvalue weighted by molar-refractivity contribution is 8.00. The molecular weight excluding hydrogens is 162 g/mol. The SMILES string of the molecule is CC(SCCCN)C(=O)NN. The molecule has 0 spiro atoms. The molecule has 4 nitrogen and oxygen atoms in total. The number of carbonyl (C=O) groups is 1. The lowest BCUT2D eigenvalue weighted by molar-refractivity contribution is -0.120. The molecule has 0 heterocycles. The van der Waals surface area contributed by atoms with Crippen LogP contribution in [0.15, 0.2) is 0 Å². The van der Waals surface area contributed by atoms with Gasteiger partial charge in [0.25, 0.3) is 0 Å². The summed E-state index contributed by atoms with van der Waals surface area (Å²) in [6.45, 7) is 2.49. The van der Waals surface area contributed by atoms with Gasteiger partial charge in [-0.25, -0.2) is 5.84 Å². The van der Waals surface area contributed by atoms with E-state index in [1.807, 2.05) is 6.92 Å². The number of thioether (sulfide) groups is 1. The van der Waals surface area contributed by atoms with Crippen LogP contribution in [0.1, 0.15) is 13.3 Å². The molecule has 0 aliphatic carbocycles. The van der Waals surface area contributed by atoms with Crippen LogP contribution in [-0.2, 0) is 4.79 Å². The molecule has 1 atom stereocenters. The van der Waals surface area contributed by atoms with E-state index in [1.54, 1.807) is 11.8 Å². The van der Waals surface area contributed by atoms with Crippen LogP contribution >= 0.6 is 11.8 Å². The molecule has 1 amide bonds. The number of hydrazine groups is 1. The summed E-state index contributed by atoms with van der Waals surface area (Å²) < 4.78 is 0. The van der Waals surface area contributed by atoms with Crippen LogP contribution in [0, 0.1) is 0 Å². The van der Waals surface area contributed by atoms with Crippen molar-refractivity contribution in [3.63, 3.8) is 0 Å². The van der Waals surface area contributed by atoms with E-state index in [1.165, 1.54) is 0 Å². The van der Waals surface area contributed by atoms with E-state index in [9.17, 15) is 4.79 Å². The van der Waals surface area contributed by atoms with Crippen LogP contribution in [0.2, 0.25) is 0 Å². The van der Waals surface area contributed by atoms with Crippen LogP contribution in [-0.4, -0.2) is 23.5 Å². The van der Waals surface area contributed by atoms with E-state index in [0.29, 0.717) is 6.54 Å². The zero-order valence-corrected chi connectivity index (χ0v) is 7.49. The monoisotopic (exact) mass is 177 g/mol. The summed E-state index contributed by atoms with van der Waals surface area (Å²) in [6, 6.07) is 0. The standard InChI is InChI=1S/C6H15N3OS/c1-5(6(10)9-8)11-4-2-3-7/h5H,2-4,7-8H2,1H3,(H,9,10). The second-order valence-electron chi connectivity index (χ2n) is 2.16. The molecule has 0 aromatic heterocycles. The maximum atomic E-state index is 10.8. The summed E-state index contributed by atoms with van der Waals surface area (Å²) in [5.74, 6) is 5.72. The first-order chi connectivity index (χ1) is 5.22. The second kappa shape index (κ2) is 6.45. The fraction of sp³-hybridized carbons (Fsp3) is 0.833. The lowest BCUT2D eigenvalue weighted by atomic mass is 10.5. The molecular formula is C6H15N3OS. The third kappa shape index (κ3) is 5.06. The molecule has 0 saturated heterocycles. The van der Waals surface area contributed by atoms with E-state index < -0.39 is 0 Å². The highest BCUT2D eigenvalue weighted by atomic mass is 32.2. The third-order valence-corrected chi connectivity index (χ3v) is 2.47. The molecule has 5 heteroatoms. The summed E-state index contributed by atoms with van der Waals surface area (Å²) >= 11 is 1.56. The Morgan fingerprint density at radius 1 is 1.73 bits per heavy atom. The minimum Gasteiger partial charge on any atom is -0.330 e. The number of hydrogen-bond donors (Lipinski definition) is 3. The number of nitrogens with two attached hydrogens (primary N) is 2. The summed E-state index contributed by atoms with van der Waals surface area (Å²) in [5.41, 5.74) is 7.39. The van der Waals surface area contributed by atoms with Crippen molar-refractivity contribution >= 4 is 17.7 Å². The largest absolute Gasteiger partial charge is 0.330 e. The average molecular weight is 177 g/mol. The molecule has 0 aromatic carbocycles. The van der Waals surface area contributed by atoms with E-state index >= 15 is 0 Å². The van der Waals surface area contributed by atoms with Crippen LogP contribution < -0.4 is 17.0 Å². The Kier molecular flexibility index (Phi) is 6.30. The van der Waals surface area contributed by atoms with Gasteiger partial charge in [-0.2, -0.15) is 0 Å². The zero-order valence-electron chi connectivity index (χ0n) is 6.67. The van der Waals surface area contributed by atoms with E-state index in [4.69, 9.17) is 11.6 Å². The van der Waals surface area contributed by atoms with Crippen LogP contribution in [0.4, 0.5) is 0 Å². The van der Waals surface area contributed by atoms with Gasteiger partial charge in [0.1, 0.15) is 0 Å². The number of carbonyl (C=O) groups excluding carboxylic acids is 1. The maximum Gasteiger partial charge on any atom is 0.246 e. The van der Waals surface area contributed by atoms with Gasteiger partial charge in [0, 0.05) is 0 Å². The first-order valence-electron chi connectivity index (χ1n) is 3.54. The summed E-state index contributed by atoms with van der Waals surface area (Å²) in [4.78, 5) is 10.8. The Morgan fingerprint density at radius 3 is 2.82 bits per heavy atom. The molecule has 0 fully saturated rings. The van der Waals surface area contributed by atoms with Crippen LogP contribution in [0.5, 0.6) is 0 Å². The zero-order chi connectivity index (χ0) is 8.69. The van der Waals surface area contributed by atoms with Crippen LogP contribution in [0.3, 0.4) is 0 Å². The Morgan fingerprint density at radius 2 is 2.36 bits per heavy atom. The van der Waals surface area contributed by atoms with E-state index in [2.05, 4.69) is 5.43 Å². The first kappa shape index (κ1) is 10.7. The summed E-state index contributed by atoms with van der Waals surface area (Å²) in [7, 11) is 0. The molecule has 0 radical (unpaired) electrons. The van der Waals surface area contributed by atoms with Crippen molar-refractivity contribution in [1.82, 2.24) is 5.43 Å². The van der Waals surface area contributed by atoms with Gasteiger partial charge in [-0.3, -0.25) is 10.2 Å². The molecule has 0 aromatic rings. The molecule has 5 N–H and O–H groups in total. The molecule has 66 valence electrons. The molecule has 0 bridgehead atoms. The Hall–Kier alpha value is -0.260. The van der Waals surface area contributed by atoms with Gasteiger partial charge < -0.3 is 5.73 Å². The highest BCUT2D eigenvalue weighted by Gasteiger charge is 2.09. The fourth-order valence-electron chi connectivity index (χ4n) is 0.536. The van der Waals surface area contributed by atoms with Gasteiger partial charge in [-0.05, 0) is 25.6 Å². The van der Waals surface area contributed by atoms with Crippen molar-refractivity contribution in [1.29, 1.82) is 0 Å². The van der Waals surface area contributed by atoms with E-state index in [-0.39, 0.29) is 11.2 Å². The number of rotatable bonds is 5. The lowest BCUT2D eigenvalue weighted by Crippen LogP contribution is -2.36. The minimum atomic E-state index is -0.132. The predicted molar refractivity (Wildman–Crippen MR) is 47.9 cm³/mol. The molecule has 11 heavy (non-hydrogen) atoms. The van der Waals surface area contributed by atoms with E-state index in [0.717, 1.165) is 12.2 Å². The number of hydrogen-bond acceptors (Lipinski definition) is 4. The van der Waals surface area contributed by atoms with Crippen molar-refractivity contribution in [2.75, 3.05) is 12.3 Å². The number of nitrogens with one attached hydrogen (secondary N) is 1. The van der Waals surface area contributed by atoms with Crippen molar-refractivity contribution in [3.05, 3.63) is 0 Å². The van der Waals surface area contributed by atoms with Gasteiger partial charge in [0.05, 0.1) is 5.25 Å². The van der Waals surface area contributed by atoms with Gasteiger partial charge in [-0.1, -0.05) is 0 Å². The van der Waals surface area contributed by atoms with Gasteiger partial charge in [0.15, 0.2) is 0 Å². The minimum absolute atomic E-state index is 0.0773. The predicted octanol–water partition coefficient (Wildman–Crippen LogP) is -0.553. The van der Waals surface area contributed by atoms with Gasteiger partial charge >= 0.3 is 0 Å². The third-order valence-electron chi connectivity index (χ3n) is 1.23. The molecule has 0 aliphatic heterocycles. The van der Waals surface area contributed by atoms with Gasteiger partial charge in [-0.15, -0.1) is 11.8 Å². The van der Waals surface area contributed by atoms with Crippen LogP contribution in [0.25, 0.3) is 0 Å². The lowest BCUT2D eigenvalue weighted by Gasteiger charge is -2.07. The normalized spacial score (nSPS) is 12.6. The Labute approximate surface area is 71.0 Å². The summed E-state index contributed by atoms with van der Waals surface area (Å²) in [6.07, 6.45) is 0.937. The van der Waals surface area contributed by atoms with Crippen molar-refractivity contribution in [2.45, 2.75) is 18.6 Å². The first-order valence-corrected chi connectivity index (χ1v) is 4.59. The van der Waals surface area contributed by atoms with Crippen molar-refractivity contribution < 1.29 is 4.79 Å². The maximum absolute atomic E-state index is 10.8. The van der Waals surface area contributed by atoms with Crippen molar-refractivity contribution in [3.8, 4) is 0 Å². The Balaban J connectivity index is 3.36. The second-order valence-corrected chi connectivity index (χ2v) is 3.61. The fourth-order valence-corrected chi connectivity index (χ4v) is 1.44. The quantitative estimate of drug-likeness (QED) is 0.228. The highest BCUT2D eigenvalue weighted by Crippen LogP contribution is 2.10. The van der Waals surface area contributed by atoms with Crippen molar-refractivity contribution in [2.24, 2.45) is 11.6 Å².